The van der Waals surface area contributed by atoms with E-state index in [1.807, 2.05) is 0 Å². The van der Waals surface area contributed by atoms with Crippen molar-refractivity contribution < 1.29 is 9.16 Å². The van der Waals surface area contributed by atoms with Crippen molar-refractivity contribution in [3.63, 3.8) is 0 Å². The first-order valence-corrected chi connectivity index (χ1v) is 12.9. The van der Waals surface area contributed by atoms with Crippen LogP contribution in [0, 0.1) is 5.92 Å². The lowest BCUT2D eigenvalue weighted by Gasteiger charge is -2.45. The molecule has 1 unspecified atom stereocenters. The summed E-state index contributed by atoms with van der Waals surface area (Å²) in [5.41, 5.74) is 4.10. The lowest BCUT2D eigenvalue weighted by molar-refractivity contribution is 0.187. The van der Waals surface area contributed by atoms with Crippen LogP contribution in [0.2, 0.25) is 18.1 Å². The third-order valence-electron chi connectivity index (χ3n) is 7.02. The first-order valence-electron chi connectivity index (χ1n) is 9.99. The van der Waals surface area contributed by atoms with E-state index in [-0.39, 0.29) is 11.1 Å². The molecular formula is C23H38O2Si. The molecule has 0 saturated carbocycles. The highest BCUT2D eigenvalue weighted by molar-refractivity contribution is 6.74. The van der Waals surface area contributed by atoms with E-state index in [9.17, 15) is 0 Å². The number of hydrogen-bond donors (Lipinski definition) is 0. The molecule has 0 spiro atoms. The summed E-state index contributed by atoms with van der Waals surface area (Å²) < 4.78 is 12.1. The van der Waals surface area contributed by atoms with Gasteiger partial charge in [0.25, 0.3) is 0 Å². The van der Waals surface area contributed by atoms with Crippen molar-refractivity contribution >= 4 is 8.32 Å². The van der Waals surface area contributed by atoms with Gasteiger partial charge < -0.3 is 9.16 Å². The lowest BCUT2D eigenvalue weighted by atomic mass is 9.74. The van der Waals surface area contributed by atoms with Gasteiger partial charge in [0.15, 0.2) is 8.32 Å². The summed E-state index contributed by atoms with van der Waals surface area (Å²) in [7, 11) is -0.112. The second-order valence-electron chi connectivity index (χ2n) is 9.38. The van der Waals surface area contributed by atoms with Crippen LogP contribution in [0.3, 0.4) is 0 Å². The zero-order valence-electron chi connectivity index (χ0n) is 18.1. The quantitative estimate of drug-likeness (QED) is 0.353. The molecule has 0 saturated heterocycles. The minimum atomic E-state index is -1.85. The fourth-order valence-electron chi connectivity index (χ4n) is 3.75. The second kappa shape index (κ2) is 7.90. The number of fused-ring (bicyclic) bond motifs is 1. The topological polar surface area (TPSA) is 18.5 Å². The van der Waals surface area contributed by atoms with Crippen LogP contribution in [0.4, 0.5) is 0 Å². The van der Waals surface area contributed by atoms with Crippen LogP contribution in [0.25, 0.3) is 0 Å². The summed E-state index contributed by atoms with van der Waals surface area (Å²) in [5, 5.41) is 0.236. The van der Waals surface area contributed by atoms with Crippen molar-refractivity contribution in [2.24, 2.45) is 5.92 Å². The Morgan fingerprint density at radius 1 is 1.31 bits per heavy atom. The fourth-order valence-corrected chi connectivity index (χ4v) is 6.47. The normalized spacial score (nSPS) is 18.3. The summed E-state index contributed by atoms with van der Waals surface area (Å²) >= 11 is 0. The molecule has 0 aliphatic heterocycles. The molecule has 26 heavy (non-hydrogen) atoms. The number of hydrogen-bond acceptors (Lipinski definition) is 2. The van der Waals surface area contributed by atoms with Crippen molar-refractivity contribution in [3.05, 3.63) is 41.5 Å². The standard InChI is InChI=1S/C23H38O2Si/c1-16(2)22(25-26(8,9)23(5,6)17(3)4)13-10-18-14-19-15-20(24-7)11-12-21(18)19/h11-12,15,17-18,22H,1,10,13-14H2,2-9H3/t18?,22-/m0/s1. The number of ether oxygens (including phenoxy) is 1. The minimum Gasteiger partial charge on any atom is -0.497 e. The molecule has 0 fully saturated rings. The van der Waals surface area contributed by atoms with Crippen molar-refractivity contribution in [1.29, 1.82) is 0 Å². The molecule has 0 radical (unpaired) electrons. The Morgan fingerprint density at radius 2 is 1.96 bits per heavy atom. The molecule has 1 aromatic rings. The molecule has 0 heterocycles. The van der Waals surface area contributed by atoms with Crippen LogP contribution in [0.5, 0.6) is 5.75 Å². The summed E-state index contributed by atoms with van der Waals surface area (Å²) in [6.45, 7) is 20.5. The van der Waals surface area contributed by atoms with Crippen LogP contribution in [-0.2, 0) is 10.8 Å². The largest absolute Gasteiger partial charge is 0.497 e. The molecule has 0 aromatic heterocycles. The van der Waals surface area contributed by atoms with Gasteiger partial charge in [-0.3, -0.25) is 0 Å². The molecule has 146 valence electrons. The van der Waals surface area contributed by atoms with E-state index in [2.05, 4.69) is 72.5 Å². The summed E-state index contributed by atoms with van der Waals surface area (Å²) in [6, 6.07) is 6.50. The maximum Gasteiger partial charge on any atom is 0.193 e. The van der Waals surface area contributed by atoms with Gasteiger partial charge in [0.1, 0.15) is 5.75 Å². The van der Waals surface area contributed by atoms with Gasteiger partial charge in [-0.05, 0) is 79.4 Å². The third-order valence-corrected chi connectivity index (χ3v) is 11.6. The van der Waals surface area contributed by atoms with Crippen LogP contribution in [0.15, 0.2) is 30.4 Å². The minimum absolute atomic E-state index is 0.178. The van der Waals surface area contributed by atoms with E-state index in [0.29, 0.717) is 11.8 Å². The van der Waals surface area contributed by atoms with Gasteiger partial charge in [-0.1, -0.05) is 45.9 Å². The predicted octanol–water partition coefficient (Wildman–Crippen LogP) is 6.72. The molecule has 1 aliphatic carbocycles. The molecule has 0 bridgehead atoms. The zero-order valence-corrected chi connectivity index (χ0v) is 19.1. The lowest BCUT2D eigenvalue weighted by Crippen LogP contribution is -2.47. The fraction of sp³-hybridized carbons (Fsp3) is 0.652. The van der Waals surface area contributed by atoms with E-state index in [0.717, 1.165) is 18.6 Å². The molecular weight excluding hydrogens is 336 g/mol. The Bertz CT molecular complexity index is 646. The molecule has 2 nitrogen and oxygen atoms in total. The van der Waals surface area contributed by atoms with E-state index in [1.54, 1.807) is 7.11 Å². The third kappa shape index (κ3) is 4.25. The second-order valence-corrected chi connectivity index (χ2v) is 13.9. The van der Waals surface area contributed by atoms with Crippen molar-refractivity contribution in [2.45, 2.75) is 84.0 Å². The Labute approximate surface area is 162 Å². The molecule has 2 rings (SSSR count). The molecule has 1 aliphatic rings. The summed E-state index contributed by atoms with van der Waals surface area (Å²) in [6.07, 6.45) is 3.57. The van der Waals surface area contributed by atoms with Gasteiger partial charge in [-0.2, -0.15) is 0 Å². The molecule has 0 N–H and O–H groups in total. The average molecular weight is 375 g/mol. The van der Waals surface area contributed by atoms with Crippen molar-refractivity contribution in [3.8, 4) is 5.75 Å². The SMILES string of the molecule is C=C(C)[C@H](CCC1Cc2cc(OC)ccc21)O[Si](C)(C)C(C)(C)C(C)C. The van der Waals surface area contributed by atoms with Gasteiger partial charge in [-0.15, -0.1) is 0 Å². The monoisotopic (exact) mass is 374 g/mol. The number of rotatable bonds is 9. The van der Waals surface area contributed by atoms with Crippen LogP contribution < -0.4 is 4.74 Å². The van der Waals surface area contributed by atoms with Gasteiger partial charge in [0.05, 0.1) is 13.2 Å². The molecule has 2 atom stereocenters. The van der Waals surface area contributed by atoms with Gasteiger partial charge in [0.2, 0.25) is 0 Å². The molecule has 3 heteroatoms. The average Bonchev–Trinajstić information content (AvgIpc) is 2.53. The Balaban J connectivity index is 2.00. The maximum absolute atomic E-state index is 6.79. The maximum atomic E-state index is 6.79. The summed E-state index contributed by atoms with van der Waals surface area (Å²) in [4.78, 5) is 0. The molecule has 1 aromatic carbocycles. The first-order chi connectivity index (χ1) is 12.0. The van der Waals surface area contributed by atoms with Crippen molar-refractivity contribution in [1.82, 2.24) is 0 Å². The highest BCUT2D eigenvalue weighted by Gasteiger charge is 2.44. The smallest absolute Gasteiger partial charge is 0.193 e. The highest BCUT2D eigenvalue weighted by Crippen LogP contribution is 2.46. The molecule has 0 amide bonds. The van der Waals surface area contributed by atoms with Gasteiger partial charge >= 0.3 is 0 Å². The Morgan fingerprint density at radius 3 is 2.46 bits per heavy atom. The Hall–Kier alpha value is -1.06. The van der Waals surface area contributed by atoms with E-state index < -0.39 is 8.32 Å². The Kier molecular flexibility index (Phi) is 6.45. The van der Waals surface area contributed by atoms with E-state index in [4.69, 9.17) is 9.16 Å². The number of methoxy groups -OCH3 is 1. The van der Waals surface area contributed by atoms with E-state index >= 15 is 0 Å². The van der Waals surface area contributed by atoms with E-state index in [1.165, 1.54) is 23.1 Å². The van der Waals surface area contributed by atoms with Crippen LogP contribution in [0.1, 0.15) is 64.5 Å². The highest BCUT2D eigenvalue weighted by atomic mass is 28.4. The van der Waals surface area contributed by atoms with Crippen LogP contribution >= 0.6 is 0 Å². The van der Waals surface area contributed by atoms with Gasteiger partial charge in [-0.25, -0.2) is 0 Å². The predicted molar refractivity (Wildman–Crippen MR) is 115 cm³/mol. The first kappa shape index (κ1) is 21.2. The summed E-state index contributed by atoms with van der Waals surface area (Å²) in [5.74, 6) is 2.24. The zero-order chi connectivity index (χ0) is 19.7. The van der Waals surface area contributed by atoms with Crippen LogP contribution in [-0.4, -0.2) is 21.5 Å². The number of benzene rings is 1. The van der Waals surface area contributed by atoms with Crippen molar-refractivity contribution in [2.75, 3.05) is 7.11 Å². The van der Waals surface area contributed by atoms with Gasteiger partial charge in [0, 0.05) is 0 Å².